The molecule has 0 amide bonds. The molecular weight excluding hydrogens is 200 g/mol. The number of rotatable bonds is 5. The van der Waals surface area contributed by atoms with Gasteiger partial charge < -0.3 is 14.2 Å². The molecule has 0 spiro atoms. The highest BCUT2D eigenvalue weighted by Gasteiger charge is 2.35. The molecule has 14 heavy (non-hydrogen) atoms. The van der Waals surface area contributed by atoms with Gasteiger partial charge in [-0.2, -0.15) is 0 Å². The molecule has 0 radical (unpaired) electrons. The lowest BCUT2D eigenvalue weighted by Gasteiger charge is -2.33. The smallest absolute Gasteiger partial charge is 0.335 e. The molecule has 0 fully saturated rings. The Balaban J connectivity index is 4.55. The second-order valence-electron chi connectivity index (χ2n) is 3.27. The molecule has 0 aromatic carbocycles. The fraction of sp³-hybridized carbons (Fsp3) is 0.667. The van der Waals surface area contributed by atoms with Gasteiger partial charge in [-0.1, -0.05) is 6.58 Å². The highest BCUT2D eigenvalue weighted by atomic mass is 28.1. The maximum absolute atomic E-state index is 11.3. The molecule has 0 aliphatic rings. The monoisotopic (exact) mass is 218 g/mol. The first-order valence-corrected chi connectivity index (χ1v) is 5.34. The van der Waals surface area contributed by atoms with Gasteiger partial charge in [0.1, 0.15) is 6.10 Å². The average molecular weight is 218 g/mol. The molecule has 0 saturated heterocycles. The van der Waals surface area contributed by atoms with Crippen molar-refractivity contribution >= 4 is 16.2 Å². The van der Waals surface area contributed by atoms with Crippen LogP contribution >= 0.6 is 0 Å². The molecule has 82 valence electrons. The van der Waals surface area contributed by atoms with E-state index in [2.05, 4.69) is 6.58 Å². The molecule has 0 bridgehead atoms. The summed E-state index contributed by atoms with van der Waals surface area (Å²) in [6.07, 6.45) is -0.289. The van der Waals surface area contributed by atoms with Crippen LogP contribution in [-0.2, 0) is 19.0 Å². The molecule has 0 N–H and O–H groups in total. The van der Waals surface area contributed by atoms with Crippen molar-refractivity contribution in [1.82, 2.24) is 0 Å². The van der Waals surface area contributed by atoms with E-state index in [4.69, 9.17) is 14.2 Å². The molecule has 2 atom stereocenters. The molecule has 0 aliphatic carbocycles. The summed E-state index contributed by atoms with van der Waals surface area (Å²) in [5.74, 6) is -0.453. The summed E-state index contributed by atoms with van der Waals surface area (Å²) in [5.41, 5.74) is -0.587. The molecule has 0 aliphatic heterocycles. The van der Waals surface area contributed by atoms with Crippen molar-refractivity contribution in [2.45, 2.75) is 25.4 Å². The van der Waals surface area contributed by atoms with Gasteiger partial charge in [-0.05, 0) is 13.8 Å². The first kappa shape index (κ1) is 13.3. The Bertz CT molecular complexity index is 229. The molecule has 5 heteroatoms. The van der Waals surface area contributed by atoms with Crippen LogP contribution < -0.4 is 0 Å². The van der Waals surface area contributed by atoms with Crippen LogP contribution in [0.25, 0.3) is 0 Å². The quantitative estimate of drug-likeness (QED) is 0.278. The van der Waals surface area contributed by atoms with E-state index in [0.717, 1.165) is 0 Å². The number of ether oxygens (including phenoxy) is 3. The first-order valence-electron chi connectivity index (χ1n) is 4.34. The molecule has 0 heterocycles. The van der Waals surface area contributed by atoms with E-state index in [-0.39, 0.29) is 6.10 Å². The molecule has 2 unspecified atom stereocenters. The second kappa shape index (κ2) is 5.28. The van der Waals surface area contributed by atoms with Crippen molar-refractivity contribution in [3.05, 3.63) is 12.2 Å². The third-order valence-corrected chi connectivity index (χ3v) is 3.57. The molecule has 0 aromatic rings. The van der Waals surface area contributed by atoms with Crippen LogP contribution in [-0.4, -0.2) is 41.9 Å². The molecule has 0 saturated carbocycles. The lowest BCUT2D eigenvalue weighted by molar-refractivity contribution is -0.214. The number of carbonyl (C=O) groups excluding carboxylic acids is 1. The normalized spacial score (nSPS) is 17.1. The van der Waals surface area contributed by atoms with Gasteiger partial charge in [0.15, 0.2) is 0 Å². The highest BCUT2D eigenvalue weighted by Crippen LogP contribution is 2.17. The third kappa shape index (κ3) is 3.25. The Hall–Kier alpha value is -0.653. The number of carbonyl (C=O) groups is 1. The maximum Gasteiger partial charge on any atom is 0.335 e. The topological polar surface area (TPSA) is 44.8 Å². The van der Waals surface area contributed by atoms with E-state index in [9.17, 15) is 4.79 Å². The van der Waals surface area contributed by atoms with Crippen molar-refractivity contribution in [2.24, 2.45) is 0 Å². The molecule has 0 rings (SSSR count). The standard InChI is InChI=1S/C9H18O4Si/c1-6(2)8(10)13-9(14,12-5)7(3)11-4/h7H,1H2,2-5,14H3. The van der Waals surface area contributed by atoms with Crippen molar-refractivity contribution in [3.63, 3.8) is 0 Å². The summed E-state index contributed by atoms with van der Waals surface area (Å²) in [4.78, 5) is 11.3. The van der Waals surface area contributed by atoms with Gasteiger partial charge in [0.05, 0.1) is 10.2 Å². The number of esters is 1. The lowest BCUT2D eigenvalue weighted by Crippen LogP contribution is -2.48. The van der Waals surface area contributed by atoms with Gasteiger partial charge >= 0.3 is 5.97 Å². The second-order valence-corrected chi connectivity index (χ2v) is 4.66. The van der Waals surface area contributed by atoms with Crippen molar-refractivity contribution in [1.29, 1.82) is 0 Å². The Labute approximate surface area is 87.6 Å². The largest absolute Gasteiger partial charge is 0.432 e. The van der Waals surface area contributed by atoms with Crippen molar-refractivity contribution in [2.75, 3.05) is 14.2 Å². The summed E-state index contributed by atoms with van der Waals surface area (Å²) in [5, 5.41) is 0. The van der Waals surface area contributed by atoms with Gasteiger partial charge in [0, 0.05) is 19.8 Å². The Morgan fingerprint density at radius 1 is 1.50 bits per heavy atom. The molecule has 0 aromatic heterocycles. The summed E-state index contributed by atoms with van der Waals surface area (Å²) in [6.45, 7) is 6.89. The predicted molar refractivity (Wildman–Crippen MR) is 57.1 cm³/mol. The molecule has 4 nitrogen and oxygen atoms in total. The zero-order valence-electron chi connectivity index (χ0n) is 9.42. The van der Waals surface area contributed by atoms with E-state index in [1.165, 1.54) is 7.11 Å². The fourth-order valence-corrected chi connectivity index (χ4v) is 1.20. The summed E-state index contributed by atoms with van der Waals surface area (Å²) >= 11 is 0. The van der Waals surface area contributed by atoms with Crippen LogP contribution in [0.3, 0.4) is 0 Å². The minimum atomic E-state index is -0.940. The van der Waals surface area contributed by atoms with Gasteiger partial charge in [0.25, 0.3) is 0 Å². The van der Waals surface area contributed by atoms with Crippen LogP contribution in [0, 0.1) is 0 Å². The van der Waals surface area contributed by atoms with Gasteiger partial charge in [-0.15, -0.1) is 0 Å². The van der Waals surface area contributed by atoms with E-state index in [0.29, 0.717) is 15.8 Å². The van der Waals surface area contributed by atoms with E-state index >= 15 is 0 Å². The zero-order valence-corrected chi connectivity index (χ0v) is 11.4. The van der Waals surface area contributed by atoms with Gasteiger partial charge in [-0.3, -0.25) is 0 Å². The van der Waals surface area contributed by atoms with Crippen molar-refractivity contribution < 1.29 is 19.0 Å². The summed E-state index contributed by atoms with van der Waals surface area (Å²) in [6, 6.07) is 0. The molecular formula is C9H18O4Si. The zero-order chi connectivity index (χ0) is 11.4. The minimum absolute atomic E-state index is 0.289. The lowest BCUT2D eigenvalue weighted by atomic mass is 10.3. The van der Waals surface area contributed by atoms with Crippen LogP contribution in [0.15, 0.2) is 12.2 Å². The van der Waals surface area contributed by atoms with E-state index in [1.807, 2.05) is 0 Å². The van der Waals surface area contributed by atoms with Gasteiger partial charge in [-0.25, -0.2) is 4.79 Å². The van der Waals surface area contributed by atoms with Gasteiger partial charge in [0.2, 0.25) is 5.41 Å². The van der Waals surface area contributed by atoms with E-state index in [1.54, 1.807) is 21.0 Å². The number of hydrogen-bond donors (Lipinski definition) is 0. The van der Waals surface area contributed by atoms with Crippen LogP contribution in [0.4, 0.5) is 0 Å². The maximum atomic E-state index is 11.3. The minimum Gasteiger partial charge on any atom is -0.432 e. The fourth-order valence-electron chi connectivity index (χ4n) is 0.776. The Morgan fingerprint density at radius 3 is 2.29 bits per heavy atom. The number of methoxy groups -OCH3 is 2. The van der Waals surface area contributed by atoms with Crippen LogP contribution in [0.2, 0.25) is 0 Å². The Kier molecular flexibility index (Phi) is 5.04. The SMILES string of the molecule is C=C(C)C(=O)OC([SiH3])(OC)C(C)OC. The predicted octanol–water partition coefficient (Wildman–Crippen LogP) is -0.194. The average Bonchev–Trinajstić information content (AvgIpc) is 2.15. The van der Waals surface area contributed by atoms with Crippen LogP contribution in [0.1, 0.15) is 13.8 Å². The van der Waals surface area contributed by atoms with Crippen LogP contribution in [0.5, 0.6) is 0 Å². The number of hydrogen-bond acceptors (Lipinski definition) is 4. The van der Waals surface area contributed by atoms with E-state index < -0.39 is 11.4 Å². The Morgan fingerprint density at radius 2 is 2.00 bits per heavy atom. The summed E-state index contributed by atoms with van der Waals surface area (Å²) in [7, 11) is 3.57. The first-order chi connectivity index (χ1) is 6.37. The summed E-state index contributed by atoms with van der Waals surface area (Å²) < 4.78 is 15.4. The third-order valence-electron chi connectivity index (χ3n) is 2.14. The van der Waals surface area contributed by atoms with Crippen molar-refractivity contribution in [3.8, 4) is 0 Å². The highest BCUT2D eigenvalue weighted by molar-refractivity contribution is 6.15.